The van der Waals surface area contributed by atoms with Crippen molar-refractivity contribution in [3.05, 3.63) is 101 Å². The van der Waals surface area contributed by atoms with E-state index in [9.17, 15) is 4.79 Å². The number of nitrogens with one attached hydrogen (secondary N) is 1. The summed E-state index contributed by atoms with van der Waals surface area (Å²) in [6.07, 6.45) is 3.48. The number of ketones is 1. The molecule has 0 saturated carbocycles. The fourth-order valence-corrected chi connectivity index (χ4v) is 5.05. The molecule has 3 aromatic carbocycles. The standard InChI is InChI=1S/C28H25N3O2S/c1-18-14-19(2)31(30-18)17-22-15-20(9-12-26(22)33-3)8-11-25(32)21-10-13-28-24(16-21)29-23-6-4-5-7-27(23)34-28/h4-16,29H,17H2,1-3H3/b11-8+. The van der Waals surface area contributed by atoms with Crippen LogP contribution in [0.15, 0.2) is 82.6 Å². The maximum Gasteiger partial charge on any atom is 0.185 e. The highest BCUT2D eigenvalue weighted by atomic mass is 32.2. The lowest BCUT2D eigenvalue weighted by atomic mass is 10.1. The van der Waals surface area contributed by atoms with E-state index in [4.69, 9.17) is 4.74 Å². The van der Waals surface area contributed by atoms with Crippen LogP contribution >= 0.6 is 11.8 Å². The zero-order valence-electron chi connectivity index (χ0n) is 19.3. The van der Waals surface area contributed by atoms with Gasteiger partial charge in [0, 0.05) is 26.6 Å². The second kappa shape index (κ2) is 9.23. The minimum absolute atomic E-state index is 0.0376. The molecule has 6 heteroatoms. The summed E-state index contributed by atoms with van der Waals surface area (Å²) in [5.74, 6) is 0.763. The molecule has 0 fully saturated rings. The molecule has 0 bridgehead atoms. The van der Waals surface area contributed by atoms with Gasteiger partial charge >= 0.3 is 0 Å². The number of carbonyl (C=O) groups excluding carboxylic acids is 1. The predicted molar refractivity (Wildman–Crippen MR) is 137 cm³/mol. The number of rotatable bonds is 6. The van der Waals surface area contributed by atoms with Crippen molar-refractivity contribution in [2.45, 2.75) is 30.2 Å². The van der Waals surface area contributed by atoms with Gasteiger partial charge in [0.15, 0.2) is 5.78 Å². The van der Waals surface area contributed by atoms with Crippen molar-refractivity contribution < 1.29 is 9.53 Å². The van der Waals surface area contributed by atoms with Gasteiger partial charge in [0.1, 0.15) is 5.75 Å². The molecule has 1 aromatic heterocycles. The number of carbonyl (C=O) groups is 1. The highest BCUT2D eigenvalue weighted by molar-refractivity contribution is 7.99. The zero-order chi connectivity index (χ0) is 23.7. The summed E-state index contributed by atoms with van der Waals surface area (Å²) in [7, 11) is 1.67. The number of aryl methyl sites for hydroxylation is 2. The lowest BCUT2D eigenvalue weighted by Crippen LogP contribution is -2.06. The Hall–Kier alpha value is -3.77. The van der Waals surface area contributed by atoms with Gasteiger partial charge in [-0.15, -0.1) is 0 Å². The molecule has 170 valence electrons. The monoisotopic (exact) mass is 467 g/mol. The predicted octanol–water partition coefficient (Wildman–Crippen LogP) is 6.66. The number of hydrogen-bond donors (Lipinski definition) is 1. The van der Waals surface area contributed by atoms with Crippen LogP contribution in [-0.2, 0) is 6.54 Å². The number of allylic oxidation sites excluding steroid dienone is 1. The van der Waals surface area contributed by atoms with E-state index in [0.717, 1.165) is 44.5 Å². The first-order valence-electron chi connectivity index (χ1n) is 11.1. The number of para-hydroxylation sites is 1. The maximum absolute atomic E-state index is 12.9. The fraction of sp³-hybridized carbons (Fsp3) is 0.143. The quantitative estimate of drug-likeness (QED) is 0.223. The molecule has 0 saturated heterocycles. The van der Waals surface area contributed by atoms with Gasteiger partial charge < -0.3 is 10.1 Å². The molecule has 4 aromatic rings. The highest BCUT2D eigenvalue weighted by Crippen LogP contribution is 2.44. The van der Waals surface area contributed by atoms with Crippen LogP contribution in [0, 0.1) is 13.8 Å². The van der Waals surface area contributed by atoms with Crippen molar-refractivity contribution in [1.82, 2.24) is 9.78 Å². The van der Waals surface area contributed by atoms with Crippen molar-refractivity contribution in [1.29, 1.82) is 0 Å². The molecule has 2 heterocycles. The number of ether oxygens (including phenoxy) is 1. The third-order valence-electron chi connectivity index (χ3n) is 5.80. The van der Waals surface area contributed by atoms with Crippen LogP contribution in [0.3, 0.4) is 0 Å². The highest BCUT2D eigenvalue weighted by Gasteiger charge is 2.16. The molecule has 1 N–H and O–H groups in total. The summed E-state index contributed by atoms with van der Waals surface area (Å²) in [5.41, 5.74) is 6.70. The van der Waals surface area contributed by atoms with Crippen molar-refractivity contribution in [2.75, 3.05) is 12.4 Å². The molecule has 1 aliphatic rings. The molecule has 0 radical (unpaired) electrons. The Morgan fingerprint density at radius 1 is 1.03 bits per heavy atom. The van der Waals surface area contributed by atoms with Gasteiger partial charge in [0.25, 0.3) is 0 Å². The molecular weight excluding hydrogens is 442 g/mol. The van der Waals surface area contributed by atoms with Crippen LogP contribution in [0.4, 0.5) is 11.4 Å². The Morgan fingerprint density at radius 2 is 1.85 bits per heavy atom. The van der Waals surface area contributed by atoms with Crippen LogP contribution in [0.2, 0.25) is 0 Å². The van der Waals surface area contributed by atoms with Gasteiger partial charge in [0.2, 0.25) is 0 Å². The Balaban J connectivity index is 1.35. The molecule has 1 aliphatic heterocycles. The number of hydrogen-bond acceptors (Lipinski definition) is 5. The van der Waals surface area contributed by atoms with E-state index in [2.05, 4.69) is 22.5 Å². The van der Waals surface area contributed by atoms with Gasteiger partial charge in [-0.25, -0.2) is 0 Å². The first kappa shape index (κ1) is 22.0. The van der Waals surface area contributed by atoms with Crippen molar-refractivity contribution in [2.24, 2.45) is 0 Å². The van der Waals surface area contributed by atoms with Crippen LogP contribution < -0.4 is 10.1 Å². The molecular formula is C28H25N3O2S. The average Bonchev–Trinajstić information content (AvgIpc) is 3.17. The third-order valence-corrected chi connectivity index (χ3v) is 6.95. The summed E-state index contributed by atoms with van der Waals surface area (Å²) in [5, 5.41) is 7.99. The van der Waals surface area contributed by atoms with Gasteiger partial charge in [-0.1, -0.05) is 36.0 Å². The van der Waals surface area contributed by atoms with Crippen LogP contribution in [0.5, 0.6) is 5.75 Å². The molecule has 5 rings (SSSR count). The minimum Gasteiger partial charge on any atom is -0.496 e. The normalized spacial score (nSPS) is 12.2. The number of benzene rings is 3. The molecule has 0 aliphatic carbocycles. The summed E-state index contributed by atoms with van der Waals surface area (Å²) in [6.45, 7) is 4.63. The van der Waals surface area contributed by atoms with Crippen LogP contribution in [0.25, 0.3) is 6.08 Å². The van der Waals surface area contributed by atoms with E-state index < -0.39 is 0 Å². The van der Waals surface area contributed by atoms with Gasteiger partial charge in [-0.05, 0) is 74.0 Å². The Kier molecular flexibility index (Phi) is 5.99. The number of anilines is 2. The van der Waals surface area contributed by atoms with Crippen LogP contribution in [-0.4, -0.2) is 22.7 Å². The summed E-state index contributed by atoms with van der Waals surface area (Å²) in [6, 6.07) is 22.0. The van der Waals surface area contributed by atoms with Crippen LogP contribution in [0.1, 0.15) is 32.9 Å². The van der Waals surface area contributed by atoms with E-state index in [1.165, 1.54) is 4.90 Å². The number of methoxy groups -OCH3 is 1. The van der Waals surface area contributed by atoms with Gasteiger partial charge in [-0.2, -0.15) is 5.10 Å². The molecule has 0 spiro atoms. The lowest BCUT2D eigenvalue weighted by Gasteiger charge is -2.20. The van der Waals surface area contributed by atoms with E-state index in [-0.39, 0.29) is 5.78 Å². The van der Waals surface area contributed by atoms with Crippen molar-refractivity contribution in [3.8, 4) is 5.75 Å². The minimum atomic E-state index is -0.0376. The van der Waals surface area contributed by atoms with E-state index >= 15 is 0 Å². The fourth-order valence-electron chi connectivity index (χ4n) is 4.08. The maximum atomic E-state index is 12.9. The molecule has 0 amide bonds. The van der Waals surface area contributed by atoms with E-state index in [1.54, 1.807) is 24.9 Å². The largest absolute Gasteiger partial charge is 0.496 e. The first-order valence-corrected chi connectivity index (χ1v) is 11.9. The first-order chi connectivity index (χ1) is 16.5. The molecule has 34 heavy (non-hydrogen) atoms. The average molecular weight is 468 g/mol. The Labute approximate surface area is 203 Å². The van der Waals surface area contributed by atoms with E-state index in [1.807, 2.05) is 79.2 Å². The topological polar surface area (TPSA) is 56.1 Å². The Bertz CT molecular complexity index is 1420. The summed E-state index contributed by atoms with van der Waals surface area (Å²) >= 11 is 1.71. The third kappa shape index (κ3) is 4.50. The smallest absolute Gasteiger partial charge is 0.185 e. The number of nitrogens with zero attached hydrogens (tertiary/aromatic N) is 2. The second-order valence-electron chi connectivity index (χ2n) is 8.29. The SMILES string of the molecule is COc1ccc(/C=C/C(=O)c2ccc3c(c2)Nc2ccccc2S3)cc1Cn1nc(C)cc1C. The second-order valence-corrected chi connectivity index (χ2v) is 9.37. The molecule has 5 nitrogen and oxygen atoms in total. The summed E-state index contributed by atoms with van der Waals surface area (Å²) in [4.78, 5) is 15.2. The van der Waals surface area contributed by atoms with Gasteiger partial charge in [0.05, 0.1) is 30.7 Å². The zero-order valence-corrected chi connectivity index (χ0v) is 20.1. The lowest BCUT2D eigenvalue weighted by molar-refractivity contribution is 0.104. The van der Waals surface area contributed by atoms with E-state index in [0.29, 0.717) is 12.1 Å². The van der Waals surface area contributed by atoms with Crippen molar-refractivity contribution >= 4 is 35.0 Å². The molecule has 0 unspecified atom stereocenters. The van der Waals surface area contributed by atoms with Crippen molar-refractivity contribution in [3.63, 3.8) is 0 Å². The number of fused-ring (bicyclic) bond motifs is 2. The number of aromatic nitrogens is 2. The molecule has 0 atom stereocenters. The van der Waals surface area contributed by atoms with Gasteiger partial charge in [-0.3, -0.25) is 9.48 Å². The summed E-state index contributed by atoms with van der Waals surface area (Å²) < 4.78 is 7.51. The Morgan fingerprint density at radius 3 is 2.65 bits per heavy atom.